The number of carbonyl (C=O) groups excluding carboxylic acids is 1. The van der Waals surface area contributed by atoms with E-state index in [0.717, 1.165) is 21.2 Å². The molecule has 6 nitrogen and oxygen atoms in total. The van der Waals surface area contributed by atoms with Crippen molar-refractivity contribution in [2.24, 2.45) is 0 Å². The standard InChI is InChI=1S/C24H31N3O3S2/c1-17(19-12-11-18-8-5-6-9-20(18)14-19)23(25-2)24(28)26-21(15-22-10-7-13-31-22)16-27(3)32(4,29)30/h5-14,17,21,23,25H,15-16H2,1-4H3,(H,26,28). The zero-order valence-corrected chi connectivity index (χ0v) is 20.5. The number of hydrogen-bond donors (Lipinski definition) is 2. The maximum atomic E-state index is 13.3. The number of likely N-dealkylation sites (N-methyl/N-ethyl adjacent to an activating group) is 2. The van der Waals surface area contributed by atoms with Gasteiger partial charge >= 0.3 is 0 Å². The topological polar surface area (TPSA) is 78.5 Å². The maximum Gasteiger partial charge on any atom is 0.238 e. The van der Waals surface area contributed by atoms with Gasteiger partial charge in [-0.2, -0.15) is 0 Å². The summed E-state index contributed by atoms with van der Waals surface area (Å²) in [7, 11) is -0.0344. The number of amides is 1. The molecule has 1 amide bonds. The summed E-state index contributed by atoms with van der Waals surface area (Å²) in [5.41, 5.74) is 1.07. The van der Waals surface area contributed by atoms with E-state index >= 15 is 0 Å². The first-order chi connectivity index (χ1) is 15.2. The lowest BCUT2D eigenvalue weighted by atomic mass is 9.91. The molecule has 0 saturated heterocycles. The molecule has 0 spiro atoms. The zero-order valence-electron chi connectivity index (χ0n) is 18.9. The molecule has 1 heterocycles. The number of nitrogens with one attached hydrogen (secondary N) is 2. The highest BCUT2D eigenvalue weighted by Gasteiger charge is 2.28. The Morgan fingerprint density at radius 2 is 1.81 bits per heavy atom. The van der Waals surface area contributed by atoms with Crippen LogP contribution in [0.5, 0.6) is 0 Å². The molecule has 0 bridgehead atoms. The predicted octanol–water partition coefficient (Wildman–Crippen LogP) is 3.21. The van der Waals surface area contributed by atoms with Crippen LogP contribution in [-0.2, 0) is 21.2 Å². The van der Waals surface area contributed by atoms with E-state index in [1.165, 1.54) is 17.6 Å². The molecule has 3 rings (SSSR count). The van der Waals surface area contributed by atoms with Crippen molar-refractivity contribution in [3.05, 3.63) is 70.4 Å². The Morgan fingerprint density at radius 1 is 1.09 bits per heavy atom. The van der Waals surface area contributed by atoms with Gasteiger partial charge in [0.05, 0.1) is 12.3 Å². The Morgan fingerprint density at radius 3 is 2.44 bits per heavy atom. The van der Waals surface area contributed by atoms with E-state index in [9.17, 15) is 13.2 Å². The number of hydrogen-bond acceptors (Lipinski definition) is 5. The molecule has 0 aliphatic rings. The molecule has 3 unspecified atom stereocenters. The highest BCUT2D eigenvalue weighted by molar-refractivity contribution is 7.88. The number of carbonyl (C=O) groups is 1. The SMILES string of the molecule is CNC(C(=O)NC(Cc1cccs1)CN(C)S(C)(=O)=O)C(C)c1ccc2ccccc2c1. The fourth-order valence-electron chi connectivity index (χ4n) is 3.86. The second kappa shape index (κ2) is 10.6. The molecule has 0 saturated carbocycles. The van der Waals surface area contributed by atoms with E-state index in [1.54, 1.807) is 18.4 Å². The fourth-order valence-corrected chi connectivity index (χ4v) is 5.10. The zero-order chi connectivity index (χ0) is 23.3. The summed E-state index contributed by atoms with van der Waals surface area (Å²) in [6, 6.07) is 17.6. The molecule has 172 valence electrons. The highest BCUT2D eigenvalue weighted by Crippen LogP contribution is 2.24. The first kappa shape index (κ1) is 24.4. The van der Waals surface area contributed by atoms with Gasteiger partial charge in [0.1, 0.15) is 0 Å². The van der Waals surface area contributed by atoms with Crippen LogP contribution >= 0.6 is 11.3 Å². The smallest absolute Gasteiger partial charge is 0.238 e. The van der Waals surface area contributed by atoms with Crippen LogP contribution in [0.4, 0.5) is 0 Å². The van der Waals surface area contributed by atoms with Crippen molar-refractivity contribution in [3.63, 3.8) is 0 Å². The second-order valence-electron chi connectivity index (χ2n) is 8.19. The Labute approximate surface area is 194 Å². The van der Waals surface area contributed by atoms with Crippen molar-refractivity contribution in [1.29, 1.82) is 0 Å². The van der Waals surface area contributed by atoms with Gasteiger partial charge in [0.25, 0.3) is 0 Å². The van der Waals surface area contributed by atoms with Crippen LogP contribution in [0.15, 0.2) is 60.0 Å². The quantitative estimate of drug-likeness (QED) is 0.474. The van der Waals surface area contributed by atoms with Gasteiger partial charge in [-0.05, 0) is 34.8 Å². The van der Waals surface area contributed by atoms with Gasteiger partial charge in [-0.25, -0.2) is 12.7 Å². The number of sulfonamides is 1. The minimum absolute atomic E-state index is 0.0698. The molecule has 2 aromatic carbocycles. The molecule has 3 atom stereocenters. The summed E-state index contributed by atoms with van der Waals surface area (Å²) in [5, 5.41) is 10.5. The van der Waals surface area contributed by atoms with Crippen molar-refractivity contribution >= 4 is 38.0 Å². The van der Waals surface area contributed by atoms with Crippen LogP contribution in [-0.4, -0.2) is 57.6 Å². The van der Waals surface area contributed by atoms with Gasteiger partial charge < -0.3 is 10.6 Å². The van der Waals surface area contributed by atoms with Crippen LogP contribution in [0.2, 0.25) is 0 Å². The summed E-state index contributed by atoms with van der Waals surface area (Å²) < 4.78 is 25.2. The van der Waals surface area contributed by atoms with E-state index in [0.29, 0.717) is 6.42 Å². The van der Waals surface area contributed by atoms with E-state index < -0.39 is 16.1 Å². The first-order valence-corrected chi connectivity index (χ1v) is 13.3. The molecule has 0 fully saturated rings. The van der Waals surface area contributed by atoms with Gasteiger partial charge in [-0.15, -0.1) is 11.3 Å². The molecule has 0 aliphatic heterocycles. The first-order valence-electron chi connectivity index (χ1n) is 10.6. The lowest BCUT2D eigenvalue weighted by Crippen LogP contribution is -2.52. The molecule has 8 heteroatoms. The molecule has 1 aromatic heterocycles. The monoisotopic (exact) mass is 473 g/mol. The summed E-state index contributed by atoms with van der Waals surface area (Å²) in [6.07, 6.45) is 1.75. The van der Waals surface area contributed by atoms with Crippen molar-refractivity contribution in [3.8, 4) is 0 Å². The van der Waals surface area contributed by atoms with Gasteiger partial charge in [0, 0.05) is 36.9 Å². The average Bonchev–Trinajstić information content (AvgIpc) is 3.26. The van der Waals surface area contributed by atoms with E-state index in [4.69, 9.17) is 0 Å². The van der Waals surface area contributed by atoms with Crippen LogP contribution in [0, 0.1) is 0 Å². The molecular weight excluding hydrogens is 442 g/mol. The van der Waals surface area contributed by atoms with Crippen LogP contribution in [0.3, 0.4) is 0 Å². The Bertz CT molecular complexity index is 1150. The van der Waals surface area contributed by atoms with Crippen molar-refractivity contribution in [2.75, 3.05) is 26.9 Å². The van der Waals surface area contributed by atoms with Gasteiger partial charge in [0.15, 0.2) is 0 Å². The summed E-state index contributed by atoms with van der Waals surface area (Å²) >= 11 is 1.60. The molecule has 3 aromatic rings. The molecular formula is C24H31N3O3S2. The third kappa shape index (κ3) is 6.16. The number of thiophene rings is 1. The van der Waals surface area contributed by atoms with Crippen molar-refractivity contribution in [1.82, 2.24) is 14.9 Å². The third-order valence-corrected chi connectivity index (χ3v) is 7.99. The highest BCUT2D eigenvalue weighted by atomic mass is 32.2. The summed E-state index contributed by atoms with van der Waals surface area (Å²) in [6.45, 7) is 2.24. The Kier molecular flexibility index (Phi) is 8.05. The molecule has 0 aliphatic carbocycles. The average molecular weight is 474 g/mol. The summed E-state index contributed by atoms with van der Waals surface area (Å²) in [4.78, 5) is 14.4. The van der Waals surface area contributed by atoms with Crippen molar-refractivity contribution in [2.45, 2.75) is 31.3 Å². The minimum Gasteiger partial charge on any atom is -0.350 e. The van der Waals surface area contributed by atoms with Gasteiger partial charge in [0.2, 0.25) is 15.9 Å². The lowest BCUT2D eigenvalue weighted by molar-refractivity contribution is -0.124. The van der Waals surface area contributed by atoms with E-state index in [-0.39, 0.29) is 24.4 Å². The van der Waals surface area contributed by atoms with E-state index in [2.05, 4.69) is 41.0 Å². The van der Waals surface area contributed by atoms with Crippen LogP contribution in [0.1, 0.15) is 23.3 Å². The number of rotatable bonds is 10. The molecule has 2 N–H and O–H groups in total. The number of benzene rings is 2. The molecule has 0 radical (unpaired) electrons. The van der Waals surface area contributed by atoms with Gasteiger partial charge in [-0.1, -0.05) is 55.5 Å². The fraction of sp³-hybridized carbons (Fsp3) is 0.375. The van der Waals surface area contributed by atoms with Crippen molar-refractivity contribution < 1.29 is 13.2 Å². The Hall–Kier alpha value is -2.26. The predicted molar refractivity (Wildman–Crippen MR) is 133 cm³/mol. The molecule has 32 heavy (non-hydrogen) atoms. The van der Waals surface area contributed by atoms with E-state index in [1.807, 2.05) is 36.6 Å². The summed E-state index contributed by atoms with van der Waals surface area (Å²) in [5.74, 6) is -0.212. The van der Waals surface area contributed by atoms with Crippen LogP contribution < -0.4 is 10.6 Å². The minimum atomic E-state index is -3.35. The largest absolute Gasteiger partial charge is 0.350 e. The van der Waals surface area contributed by atoms with Crippen LogP contribution in [0.25, 0.3) is 10.8 Å². The lowest BCUT2D eigenvalue weighted by Gasteiger charge is -2.28. The van der Waals surface area contributed by atoms with Gasteiger partial charge in [-0.3, -0.25) is 4.79 Å². The maximum absolute atomic E-state index is 13.3. The Balaban J connectivity index is 1.78. The second-order valence-corrected chi connectivity index (χ2v) is 11.3. The normalized spacial score (nSPS) is 14.9. The third-order valence-electron chi connectivity index (χ3n) is 5.81. The number of fused-ring (bicyclic) bond motifs is 1. The number of nitrogens with zero attached hydrogens (tertiary/aromatic N) is 1.